The van der Waals surface area contributed by atoms with Crippen LogP contribution in [0.5, 0.6) is 5.75 Å². The number of ether oxygens (including phenoxy) is 1. The highest BCUT2D eigenvalue weighted by molar-refractivity contribution is 5.95. The SMILES string of the molecule is COc1ccc(CCCC(=O)Nc2ccc(C(=O)NCCC(=O)O)cc2)cc1. The minimum atomic E-state index is -0.967. The van der Waals surface area contributed by atoms with Gasteiger partial charge in [0.1, 0.15) is 5.75 Å². The number of anilines is 1. The number of hydrogen-bond acceptors (Lipinski definition) is 4. The van der Waals surface area contributed by atoms with Gasteiger partial charge in [0.2, 0.25) is 5.91 Å². The van der Waals surface area contributed by atoms with Gasteiger partial charge in [0, 0.05) is 24.2 Å². The van der Waals surface area contributed by atoms with Crippen LogP contribution in [0.2, 0.25) is 0 Å². The van der Waals surface area contributed by atoms with Crippen molar-refractivity contribution in [2.24, 2.45) is 0 Å². The number of aliphatic carboxylic acids is 1. The molecule has 0 fully saturated rings. The fourth-order valence-corrected chi connectivity index (χ4v) is 2.56. The van der Waals surface area contributed by atoms with E-state index in [2.05, 4.69) is 10.6 Å². The third kappa shape index (κ3) is 7.11. The number of aryl methyl sites for hydroxylation is 1. The lowest BCUT2D eigenvalue weighted by molar-refractivity contribution is -0.136. The molecule has 3 N–H and O–H groups in total. The quantitative estimate of drug-likeness (QED) is 0.584. The Morgan fingerprint density at radius 2 is 1.64 bits per heavy atom. The average Bonchev–Trinajstić information content (AvgIpc) is 2.68. The number of hydrogen-bond donors (Lipinski definition) is 3. The third-order valence-corrected chi connectivity index (χ3v) is 4.08. The predicted octanol–water partition coefficient (Wildman–Crippen LogP) is 2.86. The molecule has 0 saturated heterocycles. The highest BCUT2D eigenvalue weighted by atomic mass is 16.5. The van der Waals surface area contributed by atoms with E-state index in [1.807, 2.05) is 24.3 Å². The van der Waals surface area contributed by atoms with Gasteiger partial charge in [-0.15, -0.1) is 0 Å². The number of carboxylic acid groups (broad SMARTS) is 1. The van der Waals surface area contributed by atoms with Gasteiger partial charge in [0.05, 0.1) is 13.5 Å². The van der Waals surface area contributed by atoms with E-state index in [-0.39, 0.29) is 24.8 Å². The van der Waals surface area contributed by atoms with Crippen molar-refractivity contribution in [1.82, 2.24) is 5.32 Å². The first kappa shape index (κ1) is 21.0. The number of nitrogens with one attached hydrogen (secondary N) is 2. The molecule has 0 atom stereocenters. The molecular weight excluding hydrogens is 360 g/mol. The Bertz CT molecular complexity index is 801. The van der Waals surface area contributed by atoms with Gasteiger partial charge in [0.15, 0.2) is 0 Å². The van der Waals surface area contributed by atoms with Crippen LogP contribution in [0.15, 0.2) is 48.5 Å². The summed E-state index contributed by atoms with van der Waals surface area (Å²) in [4.78, 5) is 34.4. The van der Waals surface area contributed by atoms with E-state index in [1.54, 1.807) is 31.4 Å². The molecule has 0 heterocycles. The van der Waals surface area contributed by atoms with E-state index in [4.69, 9.17) is 9.84 Å². The van der Waals surface area contributed by atoms with Gasteiger partial charge in [-0.1, -0.05) is 12.1 Å². The zero-order valence-corrected chi connectivity index (χ0v) is 15.7. The number of rotatable bonds is 10. The number of carbonyl (C=O) groups is 3. The molecule has 0 saturated carbocycles. The third-order valence-electron chi connectivity index (χ3n) is 4.08. The van der Waals surface area contributed by atoms with E-state index < -0.39 is 5.97 Å². The Morgan fingerprint density at radius 1 is 0.964 bits per heavy atom. The van der Waals surface area contributed by atoms with Crippen molar-refractivity contribution in [3.8, 4) is 5.75 Å². The van der Waals surface area contributed by atoms with Crippen LogP contribution in [0.4, 0.5) is 5.69 Å². The lowest BCUT2D eigenvalue weighted by atomic mass is 10.1. The first-order valence-electron chi connectivity index (χ1n) is 9.01. The minimum Gasteiger partial charge on any atom is -0.497 e. The topological polar surface area (TPSA) is 105 Å². The summed E-state index contributed by atoms with van der Waals surface area (Å²) in [5, 5.41) is 13.9. The number of benzene rings is 2. The molecule has 0 aliphatic carbocycles. The number of carboxylic acids is 1. The van der Waals surface area contributed by atoms with Crippen molar-refractivity contribution < 1.29 is 24.2 Å². The summed E-state index contributed by atoms with van der Waals surface area (Å²) in [5.74, 6) is -0.600. The van der Waals surface area contributed by atoms with Crippen molar-refractivity contribution >= 4 is 23.5 Å². The summed E-state index contributed by atoms with van der Waals surface area (Å²) in [6.45, 7) is 0.0703. The summed E-state index contributed by atoms with van der Waals surface area (Å²) in [6, 6.07) is 14.2. The second kappa shape index (κ2) is 10.7. The average molecular weight is 384 g/mol. The summed E-state index contributed by atoms with van der Waals surface area (Å²) in [7, 11) is 1.62. The Labute approximate surface area is 163 Å². The first-order chi connectivity index (χ1) is 13.5. The van der Waals surface area contributed by atoms with Crippen molar-refractivity contribution in [3.63, 3.8) is 0 Å². The van der Waals surface area contributed by atoms with E-state index in [0.717, 1.165) is 24.2 Å². The number of methoxy groups -OCH3 is 1. The standard InChI is InChI=1S/C21H24N2O5/c1-28-18-11-5-15(6-12-18)3-2-4-19(24)23-17-9-7-16(8-10-17)21(27)22-14-13-20(25)26/h5-12H,2-4,13-14H2,1H3,(H,22,27)(H,23,24)(H,25,26). The van der Waals surface area contributed by atoms with Crippen LogP contribution in [0.25, 0.3) is 0 Å². The molecule has 2 amide bonds. The van der Waals surface area contributed by atoms with Crippen LogP contribution in [0.1, 0.15) is 35.2 Å². The molecule has 0 aliphatic heterocycles. The molecule has 0 unspecified atom stereocenters. The molecule has 0 aromatic heterocycles. The van der Waals surface area contributed by atoms with Crippen LogP contribution in [0, 0.1) is 0 Å². The Balaban J connectivity index is 1.74. The van der Waals surface area contributed by atoms with Gasteiger partial charge in [-0.25, -0.2) is 0 Å². The summed E-state index contributed by atoms with van der Waals surface area (Å²) in [5.41, 5.74) is 2.16. The predicted molar refractivity (Wildman–Crippen MR) is 106 cm³/mol. The Kier molecular flexibility index (Phi) is 8.02. The largest absolute Gasteiger partial charge is 0.497 e. The van der Waals surface area contributed by atoms with Crippen LogP contribution in [0.3, 0.4) is 0 Å². The van der Waals surface area contributed by atoms with Crippen molar-refractivity contribution in [2.75, 3.05) is 19.0 Å². The lowest BCUT2D eigenvalue weighted by Gasteiger charge is -2.07. The van der Waals surface area contributed by atoms with Crippen molar-refractivity contribution in [1.29, 1.82) is 0 Å². The molecule has 28 heavy (non-hydrogen) atoms. The van der Waals surface area contributed by atoms with Gasteiger partial charge < -0.3 is 20.5 Å². The van der Waals surface area contributed by atoms with Crippen molar-refractivity contribution in [3.05, 3.63) is 59.7 Å². The summed E-state index contributed by atoms with van der Waals surface area (Å²) >= 11 is 0. The van der Waals surface area contributed by atoms with E-state index in [9.17, 15) is 14.4 Å². The van der Waals surface area contributed by atoms with Gasteiger partial charge in [0.25, 0.3) is 5.91 Å². The van der Waals surface area contributed by atoms with Gasteiger partial charge >= 0.3 is 5.97 Å². The lowest BCUT2D eigenvalue weighted by Crippen LogP contribution is -2.25. The summed E-state index contributed by atoms with van der Waals surface area (Å²) < 4.78 is 5.12. The molecular formula is C21H24N2O5. The number of amides is 2. The van der Waals surface area contributed by atoms with Gasteiger partial charge in [-0.2, -0.15) is 0 Å². The normalized spacial score (nSPS) is 10.2. The molecule has 0 aliphatic rings. The van der Waals surface area contributed by atoms with Crippen LogP contribution >= 0.6 is 0 Å². The molecule has 148 valence electrons. The number of carbonyl (C=O) groups excluding carboxylic acids is 2. The first-order valence-corrected chi connectivity index (χ1v) is 9.01. The molecule has 0 spiro atoms. The van der Waals surface area contributed by atoms with Crippen LogP contribution < -0.4 is 15.4 Å². The highest BCUT2D eigenvalue weighted by Crippen LogP contribution is 2.14. The van der Waals surface area contributed by atoms with E-state index >= 15 is 0 Å². The monoisotopic (exact) mass is 384 g/mol. The maximum atomic E-state index is 12.1. The molecule has 2 aromatic rings. The minimum absolute atomic E-state index is 0.0703. The van der Waals surface area contributed by atoms with Crippen molar-refractivity contribution in [2.45, 2.75) is 25.7 Å². The fraction of sp³-hybridized carbons (Fsp3) is 0.286. The van der Waals surface area contributed by atoms with Gasteiger partial charge in [-0.3, -0.25) is 14.4 Å². The highest BCUT2D eigenvalue weighted by Gasteiger charge is 2.07. The molecule has 0 bridgehead atoms. The second-order valence-electron chi connectivity index (χ2n) is 6.23. The molecule has 2 aromatic carbocycles. The van der Waals surface area contributed by atoms with Crippen LogP contribution in [-0.4, -0.2) is 36.5 Å². The Hall–Kier alpha value is -3.35. The van der Waals surface area contributed by atoms with E-state index in [1.165, 1.54) is 0 Å². The molecule has 0 radical (unpaired) electrons. The maximum Gasteiger partial charge on any atom is 0.305 e. The molecule has 7 nitrogen and oxygen atoms in total. The van der Waals surface area contributed by atoms with Crippen LogP contribution in [-0.2, 0) is 16.0 Å². The van der Waals surface area contributed by atoms with Gasteiger partial charge in [-0.05, 0) is 54.8 Å². The molecule has 7 heteroatoms. The smallest absolute Gasteiger partial charge is 0.305 e. The zero-order valence-electron chi connectivity index (χ0n) is 15.7. The molecule has 2 rings (SSSR count). The Morgan fingerprint density at radius 3 is 2.25 bits per heavy atom. The zero-order chi connectivity index (χ0) is 20.4. The second-order valence-corrected chi connectivity index (χ2v) is 6.23. The summed E-state index contributed by atoms with van der Waals surface area (Å²) in [6.07, 6.45) is 1.79. The maximum absolute atomic E-state index is 12.1. The fourth-order valence-electron chi connectivity index (χ4n) is 2.56. The van der Waals surface area contributed by atoms with E-state index in [0.29, 0.717) is 17.7 Å².